The Bertz CT molecular complexity index is 1080. The number of aliphatic hydroxyl groups is 1. The van der Waals surface area contributed by atoms with Gasteiger partial charge in [0.15, 0.2) is 5.75 Å². The molecule has 3 rings (SSSR count). The minimum absolute atomic E-state index is 0.0457. The minimum Gasteiger partial charge on any atom is -0.434 e. The topological polar surface area (TPSA) is 144 Å². The Morgan fingerprint density at radius 1 is 1.28 bits per heavy atom. The average Bonchev–Trinajstić information content (AvgIpc) is 2.65. The summed E-state index contributed by atoms with van der Waals surface area (Å²) in [5.74, 6) is -0.717. The summed E-state index contributed by atoms with van der Waals surface area (Å²) in [5, 5.41) is 32.2. The number of hydrazone groups is 1. The Morgan fingerprint density at radius 2 is 1.93 bits per heavy atom. The summed E-state index contributed by atoms with van der Waals surface area (Å²) in [6.07, 6.45) is -1.52. The average molecular weight is 437 g/mol. The van der Waals surface area contributed by atoms with E-state index in [1.165, 1.54) is 18.2 Å². The van der Waals surface area contributed by atoms with E-state index in [1.54, 1.807) is 6.07 Å². The smallest absolute Gasteiger partial charge is 0.286 e. The van der Waals surface area contributed by atoms with Crippen molar-refractivity contribution in [1.82, 2.24) is 15.5 Å². The van der Waals surface area contributed by atoms with Crippen LogP contribution < -0.4 is 20.6 Å². The van der Waals surface area contributed by atoms with Crippen LogP contribution in [0.4, 0.5) is 5.69 Å². The highest BCUT2D eigenvalue weighted by Crippen LogP contribution is 2.40. The van der Waals surface area contributed by atoms with E-state index in [2.05, 4.69) is 20.6 Å². The largest absolute Gasteiger partial charge is 0.434 e. The molecule has 0 saturated carbocycles. The fourth-order valence-electron chi connectivity index (χ4n) is 2.49. The number of halogens is 2. The molecule has 1 atom stereocenters. The zero-order valence-corrected chi connectivity index (χ0v) is 16.6. The third-order valence-electron chi connectivity index (χ3n) is 3.91. The molecule has 10 nitrogen and oxygen atoms in total. The van der Waals surface area contributed by atoms with Crippen molar-refractivity contribution in [2.45, 2.75) is 26.1 Å². The van der Waals surface area contributed by atoms with E-state index >= 15 is 0 Å². The lowest BCUT2D eigenvalue weighted by molar-refractivity contribution is -0.118. The van der Waals surface area contributed by atoms with E-state index in [0.717, 1.165) is 5.01 Å². The summed E-state index contributed by atoms with van der Waals surface area (Å²) in [6.45, 7) is 3.70. The van der Waals surface area contributed by atoms with Gasteiger partial charge in [-0.05, 0) is 18.1 Å². The van der Waals surface area contributed by atoms with Crippen LogP contribution >= 0.6 is 23.2 Å². The lowest BCUT2D eigenvalue weighted by atomic mass is 10.1. The highest BCUT2D eigenvalue weighted by Gasteiger charge is 2.29. The maximum Gasteiger partial charge on any atom is 0.286 e. The molecule has 1 aliphatic heterocycles. The number of nitriles is 1. The number of H-pyrrole nitrogens is 1. The first-order valence-corrected chi connectivity index (χ1v) is 9.00. The van der Waals surface area contributed by atoms with Crippen molar-refractivity contribution in [3.8, 4) is 17.7 Å². The summed E-state index contributed by atoms with van der Waals surface area (Å²) in [6, 6.07) is 5.85. The van der Waals surface area contributed by atoms with Gasteiger partial charge < -0.3 is 15.2 Å². The summed E-state index contributed by atoms with van der Waals surface area (Å²) < 4.78 is 5.63. The van der Waals surface area contributed by atoms with E-state index in [1.807, 2.05) is 13.8 Å². The number of aromatic amines is 1. The number of nitrogens with zero attached hydrogens (tertiary/aromatic N) is 4. The van der Waals surface area contributed by atoms with Crippen molar-refractivity contribution in [1.29, 1.82) is 5.26 Å². The molecule has 29 heavy (non-hydrogen) atoms. The second-order valence-corrected chi connectivity index (χ2v) is 7.05. The minimum atomic E-state index is -1.52. The molecule has 2 aromatic rings. The van der Waals surface area contributed by atoms with E-state index < -0.39 is 18.0 Å². The van der Waals surface area contributed by atoms with Gasteiger partial charge in [-0.15, -0.1) is 5.10 Å². The molecule has 1 unspecified atom stereocenters. The standard InChI is InChI=1S/C17H14Cl2N6O4/c1-7(2)9-5-13(22-23-15(9)26)29-14-10(18)3-8(4-11(14)19)25-17(28)21-16(27)12(6-20)24-25/h3-5,7,17,28H,1-2H3,(H,21,27)(H,23,26). The Kier molecular flexibility index (Phi) is 5.74. The Labute approximate surface area is 174 Å². The molecule has 0 bridgehead atoms. The second kappa shape index (κ2) is 8.08. The molecular weight excluding hydrogens is 423 g/mol. The summed E-state index contributed by atoms with van der Waals surface area (Å²) in [7, 11) is 0. The van der Waals surface area contributed by atoms with Crippen LogP contribution in [-0.4, -0.2) is 33.3 Å². The van der Waals surface area contributed by atoms with Gasteiger partial charge in [-0.25, -0.2) is 10.1 Å². The van der Waals surface area contributed by atoms with Crippen molar-refractivity contribution in [3.05, 3.63) is 44.2 Å². The number of amides is 1. The van der Waals surface area contributed by atoms with Gasteiger partial charge in [0.05, 0.1) is 15.7 Å². The van der Waals surface area contributed by atoms with Gasteiger partial charge in [0, 0.05) is 11.6 Å². The lowest BCUT2D eigenvalue weighted by Gasteiger charge is -2.29. The molecule has 150 valence electrons. The van der Waals surface area contributed by atoms with Crippen molar-refractivity contribution in [2.24, 2.45) is 5.10 Å². The van der Waals surface area contributed by atoms with Gasteiger partial charge in [0.25, 0.3) is 11.5 Å². The van der Waals surface area contributed by atoms with Crippen LogP contribution in [0.15, 0.2) is 28.1 Å². The highest BCUT2D eigenvalue weighted by atomic mass is 35.5. The first-order valence-electron chi connectivity index (χ1n) is 8.24. The molecule has 1 aromatic carbocycles. The number of hydrogen-bond acceptors (Lipinski definition) is 8. The Morgan fingerprint density at radius 3 is 2.52 bits per heavy atom. The van der Waals surface area contributed by atoms with Gasteiger partial charge in [-0.1, -0.05) is 37.0 Å². The highest BCUT2D eigenvalue weighted by molar-refractivity contribution is 6.45. The number of aliphatic hydroxyl groups excluding tert-OH is 1. The number of rotatable bonds is 4. The third-order valence-corrected chi connectivity index (χ3v) is 4.47. The predicted molar refractivity (Wildman–Crippen MR) is 105 cm³/mol. The molecule has 12 heteroatoms. The summed E-state index contributed by atoms with van der Waals surface area (Å²) in [4.78, 5) is 23.4. The summed E-state index contributed by atoms with van der Waals surface area (Å²) >= 11 is 12.5. The van der Waals surface area contributed by atoms with Crippen LogP contribution in [0.2, 0.25) is 10.0 Å². The molecule has 2 heterocycles. The predicted octanol–water partition coefficient (Wildman–Crippen LogP) is 2.08. The number of carbonyl (C=O) groups excluding carboxylic acids is 1. The maximum absolute atomic E-state index is 11.8. The van der Waals surface area contributed by atoms with Crippen molar-refractivity contribution < 1.29 is 14.6 Å². The number of ether oxygens (including phenoxy) is 1. The van der Waals surface area contributed by atoms with Gasteiger partial charge in [0.2, 0.25) is 17.9 Å². The van der Waals surface area contributed by atoms with E-state index in [9.17, 15) is 14.7 Å². The van der Waals surface area contributed by atoms with E-state index in [4.69, 9.17) is 33.2 Å². The zero-order chi connectivity index (χ0) is 21.3. The van der Waals surface area contributed by atoms with Gasteiger partial charge >= 0.3 is 0 Å². The third kappa shape index (κ3) is 4.17. The van der Waals surface area contributed by atoms with Crippen LogP contribution in [0.1, 0.15) is 25.3 Å². The fraction of sp³-hybridized carbons (Fsp3) is 0.235. The van der Waals surface area contributed by atoms with Gasteiger partial charge in [-0.3, -0.25) is 9.59 Å². The number of carbonyl (C=O) groups is 1. The molecule has 1 aromatic heterocycles. The maximum atomic E-state index is 11.8. The molecule has 0 spiro atoms. The van der Waals surface area contributed by atoms with Crippen molar-refractivity contribution in [3.63, 3.8) is 0 Å². The first-order chi connectivity index (χ1) is 13.7. The Hall–Kier alpha value is -3.13. The van der Waals surface area contributed by atoms with Crippen molar-refractivity contribution >= 4 is 40.5 Å². The molecule has 1 amide bonds. The van der Waals surface area contributed by atoms with Crippen LogP contribution in [0.25, 0.3) is 0 Å². The van der Waals surface area contributed by atoms with Gasteiger partial charge in [0.1, 0.15) is 6.07 Å². The monoisotopic (exact) mass is 436 g/mol. The van der Waals surface area contributed by atoms with Crippen LogP contribution in [0, 0.1) is 11.3 Å². The SMILES string of the molecule is CC(C)c1cc(Oc2c(Cl)cc(N3N=C(C#N)C(=O)NC3O)cc2Cl)n[nH]c1=O. The molecule has 0 fully saturated rings. The van der Waals surface area contributed by atoms with E-state index in [-0.39, 0.29) is 38.8 Å². The molecule has 0 aliphatic carbocycles. The van der Waals surface area contributed by atoms with Gasteiger partial charge in [-0.2, -0.15) is 10.4 Å². The number of benzene rings is 1. The lowest BCUT2D eigenvalue weighted by Crippen LogP contribution is -2.53. The van der Waals surface area contributed by atoms with Crippen LogP contribution in [0.3, 0.4) is 0 Å². The molecule has 0 saturated heterocycles. The number of nitrogens with one attached hydrogen (secondary N) is 2. The zero-order valence-electron chi connectivity index (χ0n) is 15.1. The molecule has 0 radical (unpaired) electrons. The Balaban J connectivity index is 1.96. The first kappa shape index (κ1) is 20.6. The van der Waals surface area contributed by atoms with E-state index in [0.29, 0.717) is 5.56 Å². The molecule has 3 N–H and O–H groups in total. The van der Waals surface area contributed by atoms with Crippen molar-refractivity contribution in [2.75, 3.05) is 5.01 Å². The number of anilines is 1. The fourth-order valence-corrected chi connectivity index (χ4v) is 3.04. The number of aromatic nitrogens is 2. The quantitative estimate of drug-likeness (QED) is 0.664. The van der Waals surface area contributed by atoms with Crippen LogP contribution in [0.5, 0.6) is 11.6 Å². The normalized spacial score (nSPS) is 16.3. The second-order valence-electron chi connectivity index (χ2n) is 6.24. The summed E-state index contributed by atoms with van der Waals surface area (Å²) in [5.41, 5.74) is -0.0944. The number of hydrogen-bond donors (Lipinski definition) is 3. The molecular formula is C17H14Cl2N6O4. The molecule has 1 aliphatic rings. The van der Waals surface area contributed by atoms with Crippen LogP contribution in [-0.2, 0) is 4.79 Å².